The average molecular weight is 411 g/mol. The zero-order chi connectivity index (χ0) is 21.8. The maximum atomic E-state index is 12.5. The van der Waals surface area contributed by atoms with Crippen LogP contribution in [0.5, 0.6) is 5.75 Å². The van der Waals surface area contributed by atoms with Crippen LogP contribution in [0.2, 0.25) is 0 Å². The van der Waals surface area contributed by atoms with Crippen LogP contribution >= 0.6 is 0 Å². The number of carbonyl (C=O) groups is 3. The molecule has 0 fully saturated rings. The minimum Gasteiger partial charge on any atom is -0.462 e. The van der Waals surface area contributed by atoms with E-state index in [1.807, 2.05) is 19.9 Å². The van der Waals surface area contributed by atoms with E-state index in [2.05, 4.69) is 5.32 Å². The lowest BCUT2D eigenvalue weighted by molar-refractivity contribution is -0.143. The molecule has 0 radical (unpaired) electrons. The first-order valence-corrected chi connectivity index (χ1v) is 9.74. The van der Waals surface area contributed by atoms with Crippen LogP contribution in [0.15, 0.2) is 66.4 Å². The molecule has 0 spiro atoms. The van der Waals surface area contributed by atoms with Crippen molar-refractivity contribution in [2.24, 2.45) is 0 Å². The summed E-state index contributed by atoms with van der Waals surface area (Å²) in [6.45, 7) is 4.10. The topological polar surface area (TPSA) is 90.9 Å². The van der Waals surface area contributed by atoms with Gasteiger partial charge in [-0.05, 0) is 37.1 Å². The molecule has 158 valence electrons. The van der Waals surface area contributed by atoms with Crippen molar-refractivity contribution in [3.05, 3.63) is 72.0 Å². The maximum Gasteiger partial charge on any atom is 0.374 e. The van der Waals surface area contributed by atoms with Crippen molar-refractivity contribution in [2.45, 2.75) is 26.7 Å². The number of nitrogens with one attached hydrogen (secondary N) is 1. The van der Waals surface area contributed by atoms with Crippen molar-refractivity contribution < 1.29 is 28.6 Å². The quantitative estimate of drug-likeness (QED) is 0.359. The van der Waals surface area contributed by atoms with Gasteiger partial charge in [-0.15, -0.1) is 0 Å². The molecular formula is C23H25NO6. The molecule has 1 amide bonds. The van der Waals surface area contributed by atoms with E-state index in [0.29, 0.717) is 24.1 Å². The first kappa shape index (κ1) is 22.7. The number of ether oxygens (including phenoxy) is 3. The van der Waals surface area contributed by atoms with E-state index in [-0.39, 0.29) is 30.6 Å². The number of carbonyl (C=O) groups excluding carboxylic acids is 3. The van der Waals surface area contributed by atoms with Crippen LogP contribution in [0.3, 0.4) is 0 Å². The smallest absolute Gasteiger partial charge is 0.374 e. The molecule has 2 aromatic carbocycles. The molecule has 2 aromatic rings. The van der Waals surface area contributed by atoms with Gasteiger partial charge in [-0.1, -0.05) is 44.2 Å². The van der Waals surface area contributed by atoms with Crippen LogP contribution < -0.4 is 10.1 Å². The molecule has 0 bridgehead atoms. The molecule has 7 heteroatoms. The van der Waals surface area contributed by atoms with E-state index in [4.69, 9.17) is 14.2 Å². The predicted octanol–water partition coefficient (Wildman–Crippen LogP) is 4.11. The van der Waals surface area contributed by atoms with Crippen molar-refractivity contribution in [3.8, 4) is 5.75 Å². The number of hydrogen-bond donors (Lipinski definition) is 1. The average Bonchev–Trinajstić information content (AvgIpc) is 2.77. The molecule has 0 unspecified atom stereocenters. The molecule has 0 heterocycles. The molecule has 0 saturated heterocycles. The lowest BCUT2D eigenvalue weighted by atomic mass is 10.2. The Hall–Kier alpha value is -3.61. The van der Waals surface area contributed by atoms with Gasteiger partial charge in [0.1, 0.15) is 0 Å². The van der Waals surface area contributed by atoms with Gasteiger partial charge in [0.2, 0.25) is 5.76 Å². The Labute approximate surface area is 175 Å². The fraction of sp³-hybridized carbons (Fsp3) is 0.261. The van der Waals surface area contributed by atoms with E-state index in [0.717, 1.165) is 6.08 Å². The lowest BCUT2D eigenvalue weighted by Gasteiger charge is -2.14. The normalized spacial score (nSPS) is 10.8. The number of para-hydroxylation sites is 2. The van der Waals surface area contributed by atoms with E-state index < -0.39 is 11.9 Å². The maximum absolute atomic E-state index is 12.5. The standard InChI is InChI=1S/C23H25NO6/c1-3-14-28-21(25)16-20(23(27)29-15-4-2)30-19-13-9-8-12-18(19)24-22(26)17-10-6-5-7-11-17/h5-13,16H,3-4,14-15H2,1-2H3,(H,24,26)/b20-16+. The zero-order valence-corrected chi connectivity index (χ0v) is 17.1. The predicted molar refractivity (Wildman–Crippen MR) is 112 cm³/mol. The van der Waals surface area contributed by atoms with Crippen LogP contribution in [0, 0.1) is 0 Å². The number of anilines is 1. The second-order valence-electron chi connectivity index (χ2n) is 6.23. The highest BCUT2D eigenvalue weighted by atomic mass is 16.6. The van der Waals surface area contributed by atoms with Gasteiger partial charge in [-0.2, -0.15) is 0 Å². The van der Waals surface area contributed by atoms with Gasteiger partial charge in [-0.3, -0.25) is 4.79 Å². The number of amides is 1. The summed E-state index contributed by atoms with van der Waals surface area (Å²) in [6.07, 6.45) is 2.21. The molecule has 2 rings (SSSR count). The van der Waals surface area contributed by atoms with E-state index >= 15 is 0 Å². The molecule has 0 atom stereocenters. The van der Waals surface area contributed by atoms with Gasteiger partial charge >= 0.3 is 11.9 Å². The fourth-order valence-electron chi connectivity index (χ4n) is 2.31. The fourth-order valence-corrected chi connectivity index (χ4v) is 2.31. The number of esters is 2. The monoisotopic (exact) mass is 411 g/mol. The summed E-state index contributed by atoms with van der Waals surface area (Å²) >= 11 is 0. The largest absolute Gasteiger partial charge is 0.462 e. The molecule has 0 aromatic heterocycles. The van der Waals surface area contributed by atoms with Crippen LogP contribution in [0.25, 0.3) is 0 Å². The highest BCUT2D eigenvalue weighted by molar-refractivity contribution is 6.05. The highest BCUT2D eigenvalue weighted by Gasteiger charge is 2.19. The molecule has 0 saturated carbocycles. The van der Waals surface area contributed by atoms with E-state index in [9.17, 15) is 14.4 Å². The molecule has 0 aliphatic heterocycles. The molecule has 0 aliphatic rings. The third-order valence-corrected chi connectivity index (χ3v) is 3.73. The molecule has 0 aliphatic carbocycles. The highest BCUT2D eigenvalue weighted by Crippen LogP contribution is 2.26. The minimum absolute atomic E-state index is 0.177. The van der Waals surface area contributed by atoms with Crippen molar-refractivity contribution in [2.75, 3.05) is 18.5 Å². The second-order valence-corrected chi connectivity index (χ2v) is 6.23. The Balaban J connectivity index is 2.24. The van der Waals surface area contributed by atoms with Crippen molar-refractivity contribution in [1.82, 2.24) is 0 Å². The van der Waals surface area contributed by atoms with Crippen molar-refractivity contribution in [3.63, 3.8) is 0 Å². The van der Waals surface area contributed by atoms with Gasteiger partial charge in [0.05, 0.1) is 25.0 Å². The molecule has 7 nitrogen and oxygen atoms in total. The Morgan fingerprint density at radius 1 is 0.867 bits per heavy atom. The Morgan fingerprint density at radius 2 is 1.50 bits per heavy atom. The van der Waals surface area contributed by atoms with E-state index in [1.165, 1.54) is 0 Å². The summed E-state index contributed by atoms with van der Waals surface area (Å²) in [7, 11) is 0. The van der Waals surface area contributed by atoms with Gasteiger partial charge in [0, 0.05) is 5.56 Å². The zero-order valence-electron chi connectivity index (χ0n) is 17.1. The summed E-state index contributed by atoms with van der Waals surface area (Å²) in [5.74, 6) is -2.00. The first-order chi connectivity index (χ1) is 14.5. The van der Waals surface area contributed by atoms with Crippen LogP contribution in [0.4, 0.5) is 5.69 Å². The van der Waals surface area contributed by atoms with Gasteiger partial charge in [0.25, 0.3) is 5.91 Å². The molecular weight excluding hydrogens is 386 g/mol. The van der Waals surface area contributed by atoms with Crippen molar-refractivity contribution >= 4 is 23.5 Å². The van der Waals surface area contributed by atoms with E-state index in [1.54, 1.807) is 48.5 Å². The SMILES string of the molecule is CCCOC(=O)/C=C(/Oc1ccccc1NC(=O)c1ccccc1)C(=O)OCCC. The van der Waals surface area contributed by atoms with Crippen LogP contribution in [-0.2, 0) is 19.1 Å². The lowest BCUT2D eigenvalue weighted by Crippen LogP contribution is -2.17. The Bertz CT molecular complexity index is 892. The summed E-state index contributed by atoms with van der Waals surface area (Å²) < 4.78 is 15.8. The van der Waals surface area contributed by atoms with Gasteiger partial charge < -0.3 is 19.5 Å². The van der Waals surface area contributed by atoms with Crippen LogP contribution in [-0.4, -0.2) is 31.1 Å². The van der Waals surface area contributed by atoms with Gasteiger partial charge in [-0.25, -0.2) is 9.59 Å². The Kier molecular flexibility index (Phi) is 9.12. The summed E-state index contributed by atoms with van der Waals surface area (Å²) in [5.41, 5.74) is 0.802. The van der Waals surface area contributed by atoms with Crippen molar-refractivity contribution in [1.29, 1.82) is 0 Å². The van der Waals surface area contributed by atoms with Gasteiger partial charge in [0.15, 0.2) is 5.75 Å². The molecule has 1 N–H and O–H groups in total. The number of benzene rings is 2. The third-order valence-electron chi connectivity index (χ3n) is 3.73. The first-order valence-electron chi connectivity index (χ1n) is 9.74. The summed E-state index contributed by atoms with van der Waals surface area (Å²) in [6, 6.07) is 15.3. The second kappa shape index (κ2) is 12.1. The summed E-state index contributed by atoms with van der Waals surface area (Å²) in [5, 5.41) is 2.74. The Morgan fingerprint density at radius 3 is 2.20 bits per heavy atom. The number of hydrogen-bond acceptors (Lipinski definition) is 6. The van der Waals surface area contributed by atoms with Crippen LogP contribution in [0.1, 0.15) is 37.0 Å². The summed E-state index contributed by atoms with van der Waals surface area (Å²) in [4.78, 5) is 36.8. The molecule has 30 heavy (non-hydrogen) atoms. The third kappa shape index (κ3) is 7.09. The minimum atomic E-state index is -0.797. The number of rotatable bonds is 10.